The van der Waals surface area contributed by atoms with Crippen molar-refractivity contribution in [2.24, 2.45) is 11.0 Å². The average molecular weight is 778 g/mol. The van der Waals surface area contributed by atoms with Gasteiger partial charge in [-0.3, -0.25) is 4.79 Å². The van der Waals surface area contributed by atoms with E-state index in [-0.39, 0.29) is 18.0 Å². The molecule has 9 nitrogen and oxygen atoms in total. The number of azide groups is 1. The number of amides is 1. The number of hydrogen-bond donors (Lipinski definition) is 0. The third kappa shape index (κ3) is 36.1. The maximum Gasteiger partial charge on any atom is 0.409 e. The van der Waals surface area contributed by atoms with E-state index in [0.717, 1.165) is 129 Å². The monoisotopic (exact) mass is 778 g/mol. The van der Waals surface area contributed by atoms with Gasteiger partial charge in [0.2, 0.25) is 0 Å². The van der Waals surface area contributed by atoms with Gasteiger partial charge in [0, 0.05) is 24.5 Å². The molecule has 0 bridgehead atoms. The van der Waals surface area contributed by atoms with E-state index < -0.39 is 0 Å². The smallest absolute Gasteiger partial charge is 0.409 e. The highest BCUT2D eigenvalue weighted by Gasteiger charge is 2.19. The van der Waals surface area contributed by atoms with Crippen LogP contribution >= 0.6 is 0 Å². The van der Waals surface area contributed by atoms with Crippen LogP contribution in [0.3, 0.4) is 0 Å². The molecule has 0 aromatic rings. The highest BCUT2D eigenvalue weighted by molar-refractivity contribution is 5.72. The fraction of sp³-hybridized carbons (Fsp3) is 0.957. The summed E-state index contributed by atoms with van der Waals surface area (Å²) in [6.07, 6.45) is 35.6. The Balaban J connectivity index is 4.44. The summed E-state index contributed by atoms with van der Waals surface area (Å²) < 4.78 is 11.6. The van der Waals surface area contributed by atoms with Crippen LogP contribution in [0.5, 0.6) is 0 Å². The molecule has 0 fully saturated rings. The summed E-state index contributed by atoms with van der Waals surface area (Å²) >= 11 is 0. The fourth-order valence-corrected chi connectivity index (χ4v) is 7.34. The highest BCUT2D eigenvalue weighted by Crippen LogP contribution is 2.21. The van der Waals surface area contributed by atoms with Crippen molar-refractivity contribution in [3.8, 4) is 0 Å². The van der Waals surface area contributed by atoms with E-state index in [9.17, 15) is 9.59 Å². The zero-order valence-corrected chi connectivity index (χ0v) is 37.0. The lowest BCUT2D eigenvalue weighted by Crippen LogP contribution is -2.33. The van der Waals surface area contributed by atoms with Crippen LogP contribution in [0.25, 0.3) is 10.4 Å². The normalized spacial score (nSPS) is 11.8. The maximum atomic E-state index is 13.0. The molecule has 0 aromatic heterocycles. The minimum absolute atomic E-state index is 0.0395. The molecule has 0 aliphatic carbocycles. The minimum Gasteiger partial charge on any atom is -0.465 e. The van der Waals surface area contributed by atoms with Gasteiger partial charge in [-0.25, -0.2) is 4.79 Å². The zero-order valence-electron chi connectivity index (χ0n) is 37.0. The lowest BCUT2D eigenvalue weighted by molar-refractivity contribution is -0.149. The van der Waals surface area contributed by atoms with Crippen LogP contribution in [0.4, 0.5) is 4.79 Å². The van der Waals surface area contributed by atoms with Gasteiger partial charge >= 0.3 is 12.1 Å². The molecule has 0 rings (SSSR count). The molecule has 0 N–H and O–H groups in total. The van der Waals surface area contributed by atoms with Gasteiger partial charge < -0.3 is 19.3 Å². The zero-order chi connectivity index (χ0) is 40.3. The largest absolute Gasteiger partial charge is 0.465 e. The number of nitrogens with zero attached hydrogens (tertiary/aromatic N) is 5. The molecule has 0 aromatic carbocycles. The summed E-state index contributed by atoms with van der Waals surface area (Å²) in [4.78, 5) is 33.3. The van der Waals surface area contributed by atoms with E-state index in [0.29, 0.717) is 19.8 Å². The molecule has 1 unspecified atom stereocenters. The summed E-state index contributed by atoms with van der Waals surface area (Å²) in [6.45, 7) is 15.2. The van der Waals surface area contributed by atoms with Crippen molar-refractivity contribution in [1.82, 2.24) is 9.80 Å². The molecule has 324 valence electrons. The van der Waals surface area contributed by atoms with Crippen LogP contribution in [-0.2, 0) is 14.3 Å². The Morgan fingerprint density at radius 3 is 1.38 bits per heavy atom. The molecular formula is C46H91N5O4. The van der Waals surface area contributed by atoms with Crippen LogP contribution in [0.15, 0.2) is 5.11 Å². The van der Waals surface area contributed by atoms with Crippen molar-refractivity contribution in [1.29, 1.82) is 0 Å². The molecule has 9 heteroatoms. The van der Waals surface area contributed by atoms with E-state index in [1.54, 1.807) is 0 Å². The van der Waals surface area contributed by atoms with Gasteiger partial charge in [0.1, 0.15) is 0 Å². The van der Waals surface area contributed by atoms with Crippen molar-refractivity contribution in [3.05, 3.63) is 10.4 Å². The first-order valence-electron chi connectivity index (χ1n) is 23.8. The summed E-state index contributed by atoms with van der Waals surface area (Å²) in [6, 6.07) is 0. The first kappa shape index (κ1) is 53.0. The molecule has 0 heterocycles. The van der Waals surface area contributed by atoms with Gasteiger partial charge in [0.05, 0.1) is 19.1 Å². The Labute approximate surface area is 340 Å². The second-order valence-electron chi connectivity index (χ2n) is 16.2. The summed E-state index contributed by atoms with van der Waals surface area (Å²) in [5.41, 5.74) is 8.69. The lowest BCUT2D eigenvalue weighted by Gasteiger charge is -2.23. The number of carbonyl (C=O) groups is 2. The van der Waals surface area contributed by atoms with E-state index in [1.807, 2.05) is 4.90 Å². The molecule has 0 spiro atoms. The van der Waals surface area contributed by atoms with Gasteiger partial charge in [-0.1, -0.05) is 174 Å². The summed E-state index contributed by atoms with van der Waals surface area (Å²) in [5.74, 6) is 0.116. The molecule has 0 aliphatic rings. The van der Waals surface area contributed by atoms with E-state index in [2.05, 4.69) is 42.6 Å². The number of unbranched alkanes of at least 4 members (excludes halogenated alkanes) is 22. The predicted octanol–water partition coefficient (Wildman–Crippen LogP) is 14.4. The third-order valence-corrected chi connectivity index (χ3v) is 11.0. The van der Waals surface area contributed by atoms with Crippen LogP contribution in [0.2, 0.25) is 0 Å². The number of carbonyl (C=O) groups excluding carboxylic acids is 2. The van der Waals surface area contributed by atoms with Crippen molar-refractivity contribution in [2.75, 3.05) is 52.5 Å². The van der Waals surface area contributed by atoms with E-state index >= 15 is 0 Å². The molecule has 1 atom stereocenters. The summed E-state index contributed by atoms with van der Waals surface area (Å²) in [5, 5.41) is 3.74. The molecule has 0 saturated heterocycles. The number of esters is 1. The van der Waals surface area contributed by atoms with Crippen molar-refractivity contribution in [3.63, 3.8) is 0 Å². The number of ether oxygens (including phenoxy) is 2. The van der Waals surface area contributed by atoms with Crippen LogP contribution in [0, 0.1) is 5.92 Å². The third-order valence-electron chi connectivity index (χ3n) is 11.0. The standard InChI is InChI=1S/C46H91N5O4/c1-5-9-13-17-19-26-35-44(34-25-15-11-7-3)45(52)54-42-31-23-21-27-37-50(39-33-36-48-49-47)38-28-22-24-32-43-55-46(53)51(40-29-16-12-8-4)41-30-20-18-14-10-6-2/h44H,5-43H2,1-4H3. The van der Waals surface area contributed by atoms with Gasteiger partial charge in [-0.15, -0.1) is 0 Å². The highest BCUT2D eigenvalue weighted by atomic mass is 16.6. The van der Waals surface area contributed by atoms with Gasteiger partial charge in [-0.2, -0.15) is 0 Å². The Morgan fingerprint density at radius 1 is 0.491 bits per heavy atom. The van der Waals surface area contributed by atoms with Gasteiger partial charge in [0.25, 0.3) is 0 Å². The van der Waals surface area contributed by atoms with Gasteiger partial charge in [0.15, 0.2) is 0 Å². The number of rotatable bonds is 43. The number of hydrogen-bond acceptors (Lipinski definition) is 6. The average Bonchev–Trinajstić information content (AvgIpc) is 3.19. The van der Waals surface area contributed by atoms with Crippen molar-refractivity contribution in [2.45, 2.75) is 227 Å². The molecular weight excluding hydrogens is 687 g/mol. The van der Waals surface area contributed by atoms with Crippen LogP contribution in [-0.4, -0.2) is 74.3 Å². The van der Waals surface area contributed by atoms with Gasteiger partial charge in [-0.05, 0) is 83.0 Å². The second kappa shape index (κ2) is 43.1. The van der Waals surface area contributed by atoms with E-state index in [4.69, 9.17) is 15.0 Å². The maximum absolute atomic E-state index is 13.0. The SMILES string of the molecule is CCCCCCCCC(CCCCCC)C(=O)OCCCCCCN(CCCCCCOC(=O)N(CCCCCC)CCCCCCCC)CCCN=[N+]=[N-]. The molecule has 1 amide bonds. The molecule has 0 radical (unpaired) electrons. The fourth-order valence-electron chi connectivity index (χ4n) is 7.34. The first-order valence-corrected chi connectivity index (χ1v) is 23.8. The Kier molecular flexibility index (Phi) is 41.6. The quantitative estimate of drug-likeness (QED) is 0.0201. The lowest BCUT2D eigenvalue weighted by atomic mass is 9.94. The topological polar surface area (TPSA) is 108 Å². The Bertz CT molecular complexity index is 826. The minimum atomic E-state index is -0.125. The Hall–Kier alpha value is -1.99. The predicted molar refractivity (Wildman–Crippen MR) is 234 cm³/mol. The molecule has 0 saturated carbocycles. The van der Waals surface area contributed by atoms with Crippen LogP contribution in [0.1, 0.15) is 227 Å². The van der Waals surface area contributed by atoms with Crippen LogP contribution < -0.4 is 0 Å². The van der Waals surface area contributed by atoms with E-state index in [1.165, 1.54) is 103 Å². The summed E-state index contributed by atoms with van der Waals surface area (Å²) in [7, 11) is 0. The Morgan fingerprint density at radius 2 is 0.873 bits per heavy atom. The second-order valence-corrected chi connectivity index (χ2v) is 16.2. The van der Waals surface area contributed by atoms with Crippen molar-refractivity contribution >= 4 is 12.1 Å². The first-order chi connectivity index (χ1) is 27.0. The molecule has 0 aliphatic heterocycles. The molecule has 55 heavy (non-hydrogen) atoms. The van der Waals surface area contributed by atoms with Crippen molar-refractivity contribution < 1.29 is 19.1 Å².